The second kappa shape index (κ2) is 7.08. The first kappa shape index (κ1) is 16.2. The van der Waals surface area contributed by atoms with Crippen molar-refractivity contribution < 1.29 is 32.3 Å². The predicted octanol–water partition coefficient (Wildman–Crippen LogP) is 2.03. The zero-order valence-electron chi connectivity index (χ0n) is 9.99. The maximum absolute atomic E-state index is 11.8. The minimum Gasteiger partial charge on any atom is -0.475 e. The van der Waals surface area contributed by atoms with Crippen LogP contribution in [0.3, 0.4) is 0 Å². The number of nitrogens with one attached hydrogen (secondary N) is 2. The number of thioether (sulfide) groups is 1. The summed E-state index contributed by atoms with van der Waals surface area (Å²) < 4.78 is 40.2. The molecule has 0 aliphatic rings. The van der Waals surface area contributed by atoms with Crippen molar-refractivity contribution in [2.24, 2.45) is 0 Å². The number of carbonyl (C=O) groups excluding carboxylic acids is 1. The molecule has 0 bridgehead atoms. The third-order valence-corrected chi connectivity index (χ3v) is 2.68. The summed E-state index contributed by atoms with van der Waals surface area (Å²) in [4.78, 5) is 21.7. The quantitative estimate of drug-likeness (QED) is 0.699. The van der Waals surface area contributed by atoms with E-state index in [2.05, 4.69) is 10.6 Å². The van der Waals surface area contributed by atoms with Crippen molar-refractivity contribution in [1.82, 2.24) is 10.6 Å². The zero-order valence-corrected chi connectivity index (χ0v) is 10.8. The van der Waals surface area contributed by atoms with E-state index in [4.69, 9.17) is 9.52 Å². The topological polar surface area (TPSA) is 91.6 Å². The number of carbonyl (C=O) groups is 2. The Kier molecular flexibility index (Phi) is 5.74. The number of furan rings is 1. The van der Waals surface area contributed by atoms with Crippen molar-refractivity contribution in [2.45, 2.75) is 12.1 Å². The molecule has 0 aliphatic carbocycles. The monoisotopic (exact) mass is 312 g/mol. The number of rotatable bonds is 6. The van der Waals surface area contributed by atoms with Crippen LogP contribution >= 0.6 is 11.8 Å². The summed E-state index contributed by atoms with van der Waals surface area (Å²) in [5.41, 5.74) is -4.32. The molecule has 0 saturated heterocycles. The molecule has 0 aromatic carbocycles. The van der Waals surface area contributed by atoms with Gasteiger partial charge in [-0.15, -0.1) is 0 Å². The highest BCUT2D eigenvalue weighted by molar-refractivity contribution is 8.00. The van der Waals surface area contributed by atoms with Crippen LogP contribution in [0.2, 0.25) is 0 Å². The molecule has 0 unspecified atom stereocenters. The van der Waals surface area contributed by atoms with Gasteiger partial charge < -0.3 is 20.2 Å². The van der Waals surface area contributed by atoms with Gasteiger partial charge in [-0.25, -0.2) is 9.59 Å². The number of urea groups is 1. The molecule has 0 atom stereocenters. The summed E-state index contributed by atoms with van der Waals surface area (Å²) in [6.45, 7) is -0.208. The van der Waals surface area contributed by atoms with Crippen LogP contribution in [-0.4, -0.2) is 34.9 Å². The van der Waals surface area contributed by atoms with Gasteiger partial charge in [0.05, 0.1) is 6.54 Å². The van der Waals surface area contributed by atoms with Crippen molar-refractivity contribution in [2.75, 3.05) is 12.3 Å². The molecule has 0 saturated carbocycles. The minimum absolute atomic E-state index is 0.0640. The van der Waals surface area contributed by atoms with Gasteiger partial charge in [0, 0.05) is 12.3 Å². The van der Waals surface area contributed by atoms with Crippen LogP contribution in [0, 0.1) is 0 Å². The predicted molar refractivity (Wildman–Crippen MR) is 64.4 cm³/mol. The number of carboxylic acids is 1. The van der Waals surface area contributed by atoms with E-state index < -0.39 is 17.5 Å². The fourth-order valence-corrected chi connectivity index (χ4v) is 1.58. The maximum Gasteiger partial charge on any atom is 0.441 e. The van der Waals surface area contributed by atoms with Gasteiger partial charge in [-0.1, -0.05) is 0 Å². The summed E-state index contributed by atoms with van der Waals surface area (Å²) in [7, 11) is 0. The van der Waals surface area contributed by atoms with E-state index in [1.54, 1.807) is 0 Å². The average Bonchev–Trinajstić information content (AvgIpc) is 2.80. The van der Waals surface area contributed by atoms with Gasteiger partial charge >= 0.3 is 17.5 Å². The standard InChI is InChI=1S/C10H11F3N2O4S/c11-10(12,13)20-4-3-14-9(18)15-5-6-1-2-7(19-6)8(16)17/h1-2H,3-5H2,(H,16,17)(H2,14,15,18). The Morgan fingerprint density at radius 1 is 1.30 bits per heavy atom. The van der Waals surface area contributed by atoms with Crippen molar-refractivity contribution in [1.29, 1.82) is 0 Å². The van der Waals surface area contributed by atoms with E-state index in [0.29, 0.717) is 0 Å². The van der Waals surface area contributed by atoms with Gasteiger partial charge in [-0.3, -0.25) is 0 Å². The van der Waals surface area contributed by atoms with Crippen LogP contribution in [0.25, 0.3) is 0 Å². The number of alkyl halides is 3. The SMILES string of the molecule is O=C(NCCSC(F)(F)F)NCc1ccc(C(=O)O)o1. The number of halogens is 3. The zero-order chi connectivity index (χ0) is 15.2. The Hall–Kier alpha value is -1.84. The summed E-state index contributed by atoms with van der Waals surface area (Å²) in [5.74, 6) is -1.56. The van der Waals surface area contributed by atoms with Gasteiger partial charge in [0.1, 0.15) is 5.76 Å². The van der Waals surface area contributed by atoms with Gasteiger partial charge in [0.2, 0.25) is 5.76 Å². The first-order valence-electron chi connectivity index (χ1n) is 5.32. The molecule has 3 N–H and O–H groups in total. The third-order valence-electron chi connectivity index (χ3n) is 1.95. The number of hydrogen-bond donors (Lipinski definition) is 3. The minimum atomic E-state index is -4.32. The summed E-state index contributed by atoms with van der Waals surface area (Å²) in [6.07, 6.45) is 0. The lowest BCUT2D eigenvalue weighted by Crippen LogP contribution is -2.36. The van der Waals surface area contributed by atoms with E-state index in [1.165, 1.54) is 12.1 Å². The summed E-state index contributed by atoms with van der Waals surface area (Å²) in [6, 6.07) is 1.95. The molecule has 20 heavy (non-hydrogen) atoms. The van der Waals surface area contributed by atoms with Crippen LogP contribution in [-0.2, 0) is 6.54 Å². The Morgan fingerprint density at radius 2 is 2.00 bits per heavy atom. The van der Waals surface area contributed by atoms with E-state index >= 15 is 0 Å². The average molecular weight is 312 g/mol. The molecule has 2 amide bonds. The Balaban J connectivity index is 2.21. The summed E-state index contributed by atoms with van der Waals surface area (Å²) >= 11 is -0.230. The van der Waals surface area contributed by atoms with E-state index in [1.807, 2.05) is 0 Å². The largest absolute Gasteiger partial charge is 0.475 e. The fraction of sp³-hybridized carbons (Fsp3) is 0.400. The molecule has 1 rings (SSSR count). The van der Waals surface area contributed by atoms with Crippen LogP contribution in [0.15, 0.2) is 16.5 Å². The lowest BCUT2D eigenvalue weighted by Gasteiger charge is -2.07. The molecular weight excluding hydrogens is 301 g/mol. The first-order chi connectivity index (χ1) is 9.28. The normalized spacial score (nSPS) is 11.2. The molecule has 0 radical (unpaired) electrons. The maximum atomic E-state index is 11.8. The number of amides is 2. The first-order valence-corrected chi connectivity index (χ1v) is 6.31. The molecule has 0 spiro atoms. The highest BCUT2D eigenvalue weighted by Crippen LogP contribution is 2.29. The lowest BCUT2D eigenvalue weighted by atomic mass is 10.4. The number of hydrogen-bond acceptors (Lipinski definition) is 4. The fourth-order valence-electron chi connectivity index (χ4n) is 1.15. The molecule has 1 heterocycles. The lowest BCUT2D eigenvalue weighted by molar-refractivity contribution is -0.0327. The van der Waals surface area contributed by atoms with Gasteiger partial charge in [-0.05, 0) is 23.9 Å². The number of aromatic carboxylic acids is 1. The molecule has 1 aromatic rings. The smallest absolute Gasteiger partial charge is 0.441 e. The van der Waals surface area contributed by atoms with Crippen molar-refractivity contribution in [3.63, 3.8) is 0 Å². The summed E-state index contributed by atoms with van der Waals surface area (Å²) in [5, 5.41) is 13.1. The Labute approximate surface area is 115 Å². The molecule has 0 aliphatic heterocycles. The molecular formula is C10H11F3N2O4S. The van der Waals surface area contributed by atoms with E-state index in [0.717, 1.165) is 0 Å². The van der Waals surface area contributed by atoms with E-state index in [-0.39, 0.29) is 42.1 Å². The highest BCUT2D eigenvalue weighted by atomic mass is 32.2. The molecule has 6 nitrogen and oxygen atoms in total. The Morgan fingerprint density at radius 3 is 2.55 bits per heavy atom. The highest BCUT2D eigenvalue weighted by Gasteiger charge is 2.27. The second-order valence-corrected chi connectivity index (χ2v) is 4.63. The molecule has 10 heteroatoms. The van der Waals surface area contributed by atoms with Crippen LogP contribution < -0.4 is 10.6 Å². The number of carboxylic acid groups (broad SMARTS) is 1. The molecule has 1 aromatic heterocycles. The van der Waals surface area contributed by atoms with Gasteiger partial charge in [0.25, 0.3) is 0 Å². The van der Waals surface area contributed by atoms with Crippen LogP contribution in [0.5, 0.6) is 0 Å². The van der Waals surface area contributed by atoms with Crippen molar-refractivity contribution in [3.05, 3.63) is 23.7 Å². The van der Waals surface area contributed by atoms with E-state index in [9.17, 15) is 22.8 Å². The second-order valence-electron chi connectivity index (χ2n) is 3.47. The molecule has 112 valence electrons. The van der Waals surface area contributed by atoms with Crippen LogP contribution in [0.1, 0.15) is 16.3 Å². The van der Waals surface area contributed by atoms with Crippen molar-refractivity contribution in [3.8, 4) is 0 Å². The van der Waals surface area contributed by atoms with Crippen molar-refractivity contribution >= 4 is 23.8 Å². The molecule has 0 fully saturated rings. The van der Waals surface area contributed by atoms with Gasteiger partial charge in [0.15, 0.2) is 0 Å². The third kappa shape index (κ3) is 6.36. The van der Waals surface area contributed by atoms with Crippen LogP contribution in [0.4, 0.5) is 18.0 Å². The Bertz CT molecular complexity index is 475. The van der Waals surface area contributed by atoms with Gasteiger partial charge in [-0.2, -0.15) is 13.2 Å².